The monoisotopic (exact) mass is 396 g/mol. The summed E-state index contributed by atoms with van der Waals surface area (Å²) in [7, 11) is 1.74. The number of aromatic nitrogens is 2. The number of carbonyl (C=O) groups is 1. The van der Waals surface area contributed by atoms with Gasteiger partial charge in [0.15, 0.2) is 5.69 Å². The molecule has 8 nitrogen and oxygen atoms in total. The molecule has 3 N–H and O–H groups in total. The Bertz CT molecular complexity index is 1080. The maximum atomic E-state index is 14.2. The Morgan fingerprint density at radius 2 is 1.93 bits per heavy atom. The SMILES string of the molecule is Bc1ccc(Nc2cc(=O)n(-c3ccccc3)nc2C(=O)NOCCO)c(F)c1. The van der Waals surface area contributed by atoms with Gasteiger partial charge in [-0.15, -0.1) is 0 Å². The van der Waals surface area contributed by atoms with Gasteiger partial charge in [0.2, 0.25) is 0 Å². The fourth-order valence-corrected chi connectivity index (χ4v) is 2.55. The summed E-state index contributed by atoms with van der Waals surface area (Å²) in [6.07, 6.45) is 0. The van der Waals surface area contributed by atoms with Crippen LogP contribution in [0.15, 0.2) is 59.4 Å². The summed E-state index contributed by atoms with van der Waals surface area (Å²) in [5.41, 5.74) is 2.70. The van der Waals surface area contributed by atoms with E-state index in [2.05, 4.69) is 15.9 Å². The van der Waals surface area contributed by atoms with Crippen LogP contribution in [0.3, 0.4) is 0 Å². The van der Waals surface area contributed by atoms with E-state index < -0.39 is 17.3 Å². The van der Waals surface area contributed by atoms with Crippen LogP contribution in [-0.2, 0) is 4.84 Å². The second kappa shape index (κ2) is 9.13. The van der Waals surface area contributed by atoms with Crippen LogP contribution < -0.4 is 21.8 Å². The highest BCUT2D eigenvalue weighted by Crippen LogP contribution is 2.21. The molecule has 0 radical (unpaired) electrons. The molecule has 3 rings (SSSR count). The van der Waals surface area contributed by atoms with Crippen molar-refractivity contribution in [3.8, 4) is 5.69 Å². The van der Waals surface area contributed by atoms with E-state index in [1.807, 2.05) is 0 Å². The number of anilines is 2. The number of benzene rings is 2. The third kappa shape index (κ3) is 4.87. The predicted molar refractivity (Wildman–Crippen MR) is 108 cm³/mol. The lowest BCUT2D eigenvalue weighted by atomic mass is 9.96. The van der Waals surface area contributed by atoms with Gasteiger partial charge in [0, 0.05) is 6.07 Å². The topological polar surface area (TPSA) is 105 Å². The van der Waals surface area contributed by atoms with Crippen molar-refractivity contribution in [1.82, 2.24) is 15.3 Å². The zero-order valence-electron chi connectivity index (χ0n) is 15.6. The second-order valence-electron chi connectivity index (χ2n) is 6.10. The fourth-order valence-electron chi connectivity index (χ4n) is 2.55. The van der Waals surface area contributed by atoms with Gasteiger partial charge in [-0.3, -0.25) is 14.4 Å². The first-order valence-corrected chi connectivity index (χ1v) is 8.75. The van der Waals surface area contributed by atoms with Crippen molar-refractivity contribution in [2.24, 2.45) is 0 Å². The number of amides is 1. The second-order valence-corrected chi connectivity index (χ2v) is 6.10. The lowest BCUT2D eigenvalue weighted by molar-refractivity contribution is 0.0164. The third-order valence-electron chi connectivity index (χ3n) is 3.90. The average molecular weight is 396 g/mol. The van der Waals surface area contributed by atoms with Crippen molar-refractivity contribution in [2.45, 2.75) is 0 Å². The Morgan fingerprint density at radius 1 is 1.17 bits per heavy atom. The zero-order chi connectivity index (χ0) is 20.8. The summed E-state index contributed by atoms with van der Waals surface area (Å²) >= 11 is 0. The average Bonchev–Trinajstić information content (AvgIpc) is 2.71. The highest BCUT2D eigenvalue weighted by atomic mass is 19.1. The van der Waals surface area contributed by atoms with E-state index in [9.17, 15) is 14.0 Å². The first-order valence-electron chi connectivity index (χ1n) is 8.75. The molecule has 1 heterocycles. The molecule has 0 aliphatic heterocycles. The van der Waals surface area contributed by atoms with Gasteiger partial charge in [0.1, 0.15) is 13.7 Å². The first kappa shape index (κ1) is 20.2. The number of nitrogens with one attached hydrogen (secondary N) is 2. The van der Waals surface area contributed by atoms with E-state index in [0.29, 0.717) is 5.69 Å². The number of halogens is 1. The molecule has 0 saturated heterocycles. The van der Waals surface area contributed by atoms with Crippen LogP contribution in [-0.4, -0.2) is 41.9 Å². The molecular weight excluding hydrogens is 378 g/mol. The van der Waals surface area contributed by atoms with Crippen LogP contribution in [0.2, 0.25) is 0 Å². The molecular formula is C19H18BFN4O4. The van der Waals surface area contributed by atoms with Gasteiger partial charge in [-0.1, -0.05) is 29.7 Å². The summed E-state index contributed by atoms with van der Waals surface area (Å²) in [6, 6.07) is 14.2. The minimum atomic E-state index is -0.766. The number of carbonyl (C=O) groups excluding carboxylic acids is 1. The molecule has 3 aromatic rings. The van der Waals surface area contributed by atoms with Crippen LogP contribution in [0.4, 0.5) is 15.8 Å². The van der Waals surface area contributed by atoms with Crippen molar-refractivity contribution in [1.29, 1.82) is 0 Å². The fraction of sp³-hybridized carbons (Fsp3) is 0.105. The van der Waals surface area contributed by atoms with Gasteiger partial charge < -0.3 is 10.4 Å². The number of para-hydroxylation sites is 1. The van der Waals surface area contributed by atoms with E-state index in [1.165, 1.54) is 12.1 Å². The Hall–Kier alpha value is -3.50. The minimum absolute atomic E-state index is 0.00929. The summed E-state index contributed by atoms with van der Waals surface area (Å²) in [6.45, 7) is -0.420. The van der Waals surface area contributed by atoms with Crippen LogP contribution in [0.1, 0.15) is 10.5 Å². The summed E-state index contributed by atoms with van der Waals surface area (Å²) < 4.78 is 15.3. The zero-order valence-corrected chi connectivity index (χ0v) is 15.6. The molecule has 0 unspecified atom stereocenters. The minimum Gasteiger partial charge on any atom is -0.394 e. The lowest BCUT2D eigenvalue weighted by Gasteiger charge is -2.14. The molecule has 29 heavy (non-hydrogen) atoms. The van der Waals surface area contributed by atoms with Gasteiger partial charge in [-0.25, -0.2) is 9.87 Å². The number of hydrogen-bond acceptors (Lipinski definition) is 6. The number of aliphatic hydroxyl groups excluding tert-OH is 1. The van der Waals surface area contributed by atoms with E-state index in [4.69, 9.17) is 9.94 Å². The predicted octanol–water partition coefficient (Wildman–Crippen LogP) is 0.0273. The quantitative estimate of drug-likeness (QED) is 0.296. The van der Waals surface area contributed by atoms with E-state index in [-0.39, 0.29) is 30.3 Å². The molecule has 2 aromatic carbocycles. The third-order valence-corrected chi connectivity index (χ3v) is 3.90. The molecule has 0 aliphatic rings. The van der Waals surface area contributed by atoms with Gasteiger partial charge >= 0.3 is 0 Å². The van der Waals surface area contributed by atoms with Crippen LogP contribution in [0, 0.1) is 5.82 Å². The molecule has 0 bridgehead atoms. The first-order chi connectivity index (χ1) is 14.0. The molecule has 1 amide bonds. The normalized spacial score (nSPS) is 10.6. The number of hydroxylamine groups is 1. The standard InChI is InChI=1S/C19H18BFN4O4/c20-12-6-7-15(14(21)10-12)22-16-11-17(27)25(13-4-2-1-3-5-13)23-18(16)19(28)24-29-9-8-26/h1-7,10-11,22,26H,8-9,20H2,(H,24,28). The highest BCUT2D eigenvalue weighted by molar-refractivity contribution is 6.32. The smallest absolute Gasteiger partial charge is 0.297 e. The van der Waals surface area contributed by atoms with Gasteiger partial charge in [-0.05, 0) is 24.3 Å². The maximum Gasteiger partial charge on any atom is 0.297 e. The van der Waals surface area contributed by atoms with Crippen LogP contribution >= 0.6 is 0 Å². The number of rotatable bonds is 7. The number of aliphatic hydroxyl groups is 1. The van der Waals surface area contributed by atoms with E-state index in [1.54, 1.807) is 44.2 Å². The molecule has 0 fully saturated rings. The molecule has 10 heteroatoms. The Balaban J connectivity index is 2.04. The Kier molecular flexibility index (Phi) is 6.37. The van der Waals surface area contributed by atoms with Crippen LogP contribution in [0.25, 0.3) is 5.69 Å². The van der Waals surface area contributed by atoms with Crippen molar-refractivity contribution in [2.75, 3.05) is 18.5 Å². The summed E-state index contributed by atoms with van der Waals surface area (Å²) in [4.78, 5) is 30.0. The molecule has 0 saturated carbocycles. The van der Waals surface area contributed by atoms with Crippen molar-refractivity contribution in [3.05, 3.63) is 76.5 Å². The van der Waals surface area contributed by atoms with Crippen molar-refractivity contribution >= 4 is 30.6 Å². The van der Waals surface area contributed by atoms with Crippen LogP contribution in [0.5, 0.6) is 0 Å². The molecule has 148 valence electrons. The molecule has 1 aromatic heterocycles. The molecule has 0 atom stereocenters. The van der Waals surface area contributed by atoms with E-state index >= 15 is 0 Å². The van der Waals surface area contributed by atoms with Crippen molar-refractivity contribution in [3.63, 3.8) is 0 Å². The van der Waals surface area contributed by atoms with Gasteiger partial charge in [-0.2, -0.15) is 9.78 Å². The maximum absolute atomic E-state index is 14.2. The summed E-state index contributed by atoms with van der Waals surface area (Å²) in [5.74, 6) is -1.31. The number of nitrogens with zero attached hydrogens (tertiary/aromatic N) is 2. The van der Waals surface area contributed by atoms with Crippen molar-refractivity contribution < 1.29 is 19.1 Å². The summed E-state index contributed by atoms with van der Waals surface area (Å²) in [5, 5.41) is 15.7. The van der Waals surface area contributed by atoms with Gasteiger partial charge in [0.25, 0.3) is 11.5 Å². The Labute approximate surface area is 166 Å². The largest absolute Gasteiger partial charge is 0.394 e. The molecule has 0 spiro atoms. The number of hydrogen-bond donors (Lipinski definition) is 3. The highest BCUT2D eigenvalue weighted by Gasteiger charge is 2.19. The lowest BCUT2D eigenvalue weighted by Crippen LogP contribution is -2.31. The van der Waals surface area contributed by atoms with Gasteiger partial charge in [0.05, 0.1) is 30.3 Å². The molecule has 0 aliphatic carbocycles. The van der Waals surface area contributed by atoms with E-state index in [0.717, 1.165) is 16.2 Å². The Morgan fingerprint density at radius 3 is 2.62 bits per heavy atom.